The van der Waals surface area contributed by atoms with E-state index >= 15 is 4.39 Å². The zero-order valence-corrected chi connectivity index (χ0v) is 19.2. The fraction of sp³-hybridized carbons (Fsp3) is 0.333. The summed E-state index contributed by atoms with van der Waals surface area (Å²) in [5.41, 5.74) is 1.15. The third-order valence-corrected chi connectivity index (χ3v) is 6.03. The monoisotopic (exact) mass is 510 g/mol. The van der Waals surface area contributed by atoms with Crippen molar-refractivity contribution in [3.05, 3.63) is 89.3 Å². The summed E-state index contributed by atoms with van der Waals surface area (Å²) >= 11 is 0. The molecule has 1 saturated heterocycles. The van der Waals surface area contributed by atoms with Crippen LogP contribution in [0.4, 0.5) is 26.3 Å². The minimum absolute atomic E-state index is 0.0113. The van der Waals surface area contributed by atoms with Gasteiger partial charge in [0, 0.05) is 16.9 Å². The van der Waals surface area contributed by atoms with Gasteiger partial charge in [0.15, 0.2) is 17.9 Å². The number of halogens is 6. The Labute approximate surface area is 204 Å². The van der Waals surface area contributed by atoms with Crippen LogP contribution in [0.2, 0.25) is 0 Å². The molecule has 3 aromatic carbocycles. The van der Waals surface area contributed by atoms with Crippen LogP contribution in [-0.4, -0.2) is 19.6 Å². The molecule has 3 aromatic rings. The minimum Gasteiger partial charge on any atom is -0.399 e. The largest absolute Gasteiger partial charge is 0.573 e. The molecule has 0 amide bonds. The molecule has 0 radical (unpaired) electrons. The Hall–Kier alpha value is -3.04. The van der Waals surface area contributed by atoms with Crippen molar-refractivity contribution in [3.8, 4) is 5.75 Å². The van der Waals surface area contributed by atoms with Gasteiger partial charge in [-0.25, -0.2) is 13.2 Å². The van der Waals surface area contributed by atoms with Crippen molar-refractivity contribution < 1.29 is 40.6 Å². The normalized spacial score (nSPS) is 18.4. The molecule has 0 spiro atoms. The van der Waals surface area contributed by atoms with Crippen molar-refractivity contribution in [1.29, 1.82) is 0 Å². The molecule has 4 rings (SSSR count). The van der Waals surface area contributed by atoms with Crippen LogP contribution in [0.5, 0.6) is 5.75 Å². The summed E-state index contributed by atoms with van der Waals surface area (Å²) in [5, 5.41) is 1.00. The lowest BCUT2D eigenvalue weighted by atomic mass is 9.98. The topological polar surface area (TPSA) is 27.7 Å². The first-order chi connectivity index (χ1) is 17.1. The quantitative estimate of drug-likeness (QED) is 0.231. The van der Waals surface area contributed by atoms with E-state index in [-0.39, 0.29) is 18.4 Å². The third-order valence-electron chi connectivity index (χ3n) is 6.03. The van der Waals surface area contributed by atoms with Crippen LogP contribution in [0.25, 0.3) is 10.8 Å². The molecule has 1 aliphatic rings. The Morgan fingerprint density at radius 2 is 1.64 bits per heavy atom. The molecule has 9 heteroatoms. The molecule has 36 heavy (non-hydrogen) atoms. The highest BCUT2D eigenvalue weighted by Crippen LogP contribution is 2.32. The van der Waals surface area contributed by atoms with Gasteiger partial charge >= 0.3 is 6.36 Å². The highest BCUT2D eigenvalue weighted by Gasteiger charge is 2.34. The molecule has 3 nitrogen and oxygen atoms in total. The van der Waals surface area contributed by atoms with Gasteiger partial charge in [-0.15, -0.1) is 19.8 Å². The lowest BCUT2D eigenvalue weighted by molar-refractivity contribution is -0.276. The third kappa shape index (κ3) is 6.20. The van der Waals surface area contributed by atoms with Crippen molar-refractivity contribution in [2.45, 2.75) is 38.3 Å². The molecule has 0 saturated carbocycles. The Kier molecular flexibility index (Phi) is 7.90. The van der Waals surface area contributed by atoms with Crippen LogP contribution in [0, 0.1) is 23.4 Å². The highest BCUT2D eigenvalue weighted by atomic mass is 19.4. The standard InChI is InChI=1S/C27H24F6O3/c1-2-3-4-17-14-34-26(35-15-17)20-9-10-21-19(13-20)8-7-18(24(21)30)6-5-16-11-22(28)25(23(29)12-16)36-27(31,32)33/h2,7-13,17,26H,1,3-6,14-15H2. The molecule has 0 N–H and O–H groups in total. The SMILES string of the molecule is C=CCCC1COC(c2ccc3c(F)c(CCc4cc(F)c(OC(F)(F)F)c(F)c4)ccc3c2)OC1. The van der Waals surface area contributed by atoms with Gasteiger partial charge in [-0.2, -0.15) is 0 Å². The second kappa shape index (κ2) is 10.9. The zero-order valence-electron chi connectivity index (χ0n) is 19.2. The molecule has 1 fully saturated rings. The Morgan fingerprint density at radius 3 is 2.28 bits per heavy atom. The van der Waals surface area contributed by atoms with Crippen molar-refractivity contribution in [2.24, 2.45) is 5.92 Å². The summed E-state index contributed by atoms with van der Waals surface area (Å²) in [5.74, 6) is -4.65. The molecule has 0 aliphatic carbocycles. The van der Waals surface area contributed by atoms with Gasteiger partial charge in [-0.1, -0.05) is 30.3 Å². The zero-order chi connectivity index (χ0) is 25.9. The maximum atomic E-state index is 15.2. The number of hydrogen-bond acceptors (Lipinski definition) is 3. The van der Waals surface area contributed by atoms with Crippen molar-refractivity contribution >= 4 is 10.8 Å². The molecule has 0 unspecified atom stereocenters. The fourth-order valence-electron chi connectivity index (χ4n) is 4.20. The van der Waals surface area contributed by atoms with Gasteiger partial charge in [0.05, 0.1) is 13.2 Å². The number of ether oxygens (including phenoxy) is 3. The average Bonchev–Trinajstić information content (AvgIpc) is 2.84. The fourth-order valence-corrected chi connectivity index (χ4v) is 4.20. The Morgan fingerprint density at radius 1 is 0.944 bits per heavy atom. The van der Waals surface area contributed by atoms with E-state index in [2.05, 4.69) is 11.3 Å². The summed E-state index contributed by atoms with van der Waals surface area (Å²) in [6, 6.07) is 9.96. The number of allylic oxidation sites excluding steroid dienone is 1. The van der Waals surface area contributed by atoms with E-state index in [1.807, 2.05) is 6.08 Å². The molecule has 0 atom stereocenters. The minimum atomic E-state index is -5.22. The lowest BCUT2D eigenvalue weighted by Crippen LogP contribution is -2.27. The van der Waals surface area contributed by atoms with Gasteiger partial charge in [0.2, 0.25) is 5.75 Å². The second-order valence-corrected chi connectivity index (χ2v) is 8.69. The predicted molar refractivity (Wildman–Crippen MR) is 122 cm³/mol. The van der Waals surface area contributed by atoms with Crippen LogP contribution in [-0.2, 0) is 22.3 Å². The molecule has 0 bridgehead atoms. The summed E-state index contributed by atoms with van der Waals surface area (Å²) in [4.78, 5) is 0. The highest BCUT2D eigenvalue weighted by molar-refractivity contribution is 5.84. The van der Waals surface area contributed by atoms with E-state index in [9.17, 15) is 22.0 Å². The van der Waals surface area contributed by atoms with Gasteiger partial charge in [0.1, 0.15) is 5.82 Å². The van der Waals surface area contributed by atoms with E-state index in [0.717, 1.165) is 30.5 Å². The lowest BCUT2D eigenvalue weighted by Gasteiger charge is -2.29. The summed E-state index contributed by atoms with van der Waals surface area (Å²) < 4.78 is 95.1. The number of benzene rings is 3. The first-order valence-corrected chi connectivity index (χ1v) is 11.4. The number of alkyl halides is 3. The van der Waals surface area contributed by atoms with Crippen LogP contribution in [0.15, 0.2) is 55.1 Å². The van der Waals surface area contributed by atoms with Gasteiger partial charge < -0.3 is 14.2 Å². The molecule has 192 valence electrons. The smallest absolute Gasteiger partial charge is 0.399 e. The van der Waals surface area contributed by atoms with Crippen molar-refractivity contribution in [3.63, 3.8) is 0 Å². The van der Waals surface area contributed by atoms with E-state index in [0.29, 0.717) is 35.5 Å². The van der Waals surface area contributed by atoms with E-state index in [4.69, 9.17) is 9.47 Å². The van der Waals surface area contributed by atoms with E-state index in [1.165, 1.54) is 0 Å². The van der Waals surface area contributed by atoms with Gasteiger partial charge in [-0.3, -0.25) is 0 Å². The van der Waals surface area contributed by atoms with Crippen molar-refractivity contribution in [1.82, 2.24) is 0 Å². The molecule has 1 heterocycles. The number of hydrogen-bond donors (Lipinski definition) is 0. The first kappa shape index (κ1) is 26.0. The maximum Gasteiger partial charge on any atom is 0.573 e. The summed E-state index contributed by atoms with van der Waals surface area (Å²) in [6.07, 6.45) is -1.97. The van der Waals surface area contributed by atoms with Crippen LogP contribution in [0.1, 0.15) is 35.8 Å². The summed E-state index contributed by atoms with van der Waals surface area (Å²) in [7, 11) is 0. The van der Waals surface area contributed by atoms with Gasteiger partial charge in [-0.05, 0) is 60.4 Å². The molecule has 1 aliphatic heterocycles. The molecule has 0 aromatic heterocycles. The second-order valence-electron chi connectivity index (χ2n) is 8.69. The van der Waals surface area contributed by atoms with Crippen LogP contribution >= 0.6 is 0 Å². The van der Waals surface area contributed by atoms with Crippen LogP contribution < -0.4 is 4.74 Å². The number of aryl methyl sites for hydroxylation is 2. The predicted octanol–water partition coefficient (Wildman–Crippen LogP) is 7.57. The Bertz CT molecular complexity index is 1210. The first-order valence-electron chi connectivity index (χ1n) is 11.4. The van der Waals surface area contributed by atoms with E-state index < -0.39 is 35.9 Å². The average molecular weight is 510 g/mol. The number of fused-ring (bicyclic) bond motifs is 1. The molecular formula is C27H24F6O3. The summed E-state index contributed by atoms with van der Waals surface area (Å²) in [6.45, 7) is 4.84. The maximum absolute atomic E-state index is 15.2. The van der Waals surface area contributed by atoms with Gasteiger partial charge in [0.25, 0.3) is 0 Å². The Balaban J connectivity index is 1.44. The van der Waals surface area contributed by atoms with E-state index in [1.54, 1.807) is 30.3 Å². The van der Waals surface area contributed by atoms with Crippen LogP contribution in [0.3, 0.4) is 0 Å². The number of rotatable bonds is 8. The molecular weight excluding hydrogens is 486 g/mol. The van der Waals surface area contributed by atoms with Crippen molar-refractivity contribution in [2.75, 3.05) is 13.2 Å².